The Morgan fingerprint density at radius 2 is 2.12 bits per heavy atom. The van der Waals surface area contributed by atoms with Crippen LogP contribution in [0, 0.1) is 6.92 Å². The lowest BCUT2D eigenvalue weighted by atomic mass is 10.2. The lowest BCUT2D eigenvalue weighted by Gasteiger charge is -2.03. The van der Waals surface area contributed by atoms with Crippen molar-refractivity contribution < 1.29 is 0 Å². The van der Waals surface area contributed by atoms with Gasteiger partial charge in [-0.05, 0) is 38.0 Å². The lowest BCUT2D eigenvalue weighted by Crippen LogP contribution is -2.04. The first kappa shape index (κ1) is 9.78. The van der Waals surface area contributed by atoms with Crippen LogP contribution in [0.5, 0.6) is 0 Å². The zero-order valence-corrected chi connectivity index (χ0v) is 9.65. The first-order chi connectivity index (χ1) is 7.74. The summed E-state index contributed by atoms with van der Waals surface area (Å²) in [6.07, 6.45) is 2.48. The first-order valence-electron chi connectivity index (χ1n) is 5.30. The number of rotatable bonds is 2. The van der Waals surface area contributed by atoms with Gasteiger partial charge in [0.2, 0.25) is 0 Å². The van der Waals surface area contributed by atoms with Gasteiger partial charge in [-0.25, -0.2) is 4.68 Å². The summed E-state index contributed by atoms with van der Waals surface area (Å²) in [4.78, 5) is 0. The highest BCUT2D eigenvalue weighted by Crippen LogP contribution is 2.40. The maximum Gasteiger partial charge on any atom is 0.176 e. The van der Waals surface area contributed by atoms with Crippen LogP contribution in [0.1, 0.15) is 30.1 Å². The summed E-state index contributed by atoms with van der Waals surface area (Å²) in [6.45, 7) is 1.99. The van der Waals surface area contributed by atoms with Crippen molar-refractivity contribution in [2.45, 2.75) is 25.7 Å². The quantitative estimate of drug-likeness (QED) is 0.802. The summed E-state index contributed by atoms with van der Waals surface area (Å²) in [5.41, 5.74) is 2.24. The Morgan fingerprint density at radius 1 is 1.31 bits per heavy atom. The summed E-state index contributed by atoms with van der Waals surface area (Å²) in [6, 6.07) is 5.69. The Bertz CT molecular complexity index is 513. The minimum atomic E-state index is 0.403. The van der Waals surface area contributed by atoms with E-state index >= 15 is 0 Å². The Labute approximate surface area is 98.3 Å². The fraction of sp³-hybridized carbons (Fsp3) is 0.364. The highest BCUT2D eigenvalue weighted by atomic mass is 35.5. The Kier molecular flexibility index (Phi) is 2.17. The van der Waals surface area contributed by atoms with Crippen LogP contribution in [0.2, 0.25) is 5.15 Å². The zero-order chi connectivity index (χ0) is 11.1. The van der Waals surface area contributed by atoms with Crippen LogP contribution in [0.25, 0.3) is 5.82 Å². The molecule has 1 aliphatic rings. The molecule has 1 aliphatic carbocycles. The summed E-state index contributed by atoms with van der Waals surface area (Å²) in [5, 5.41) is 12.7. The highest BCUT2D eigenvalue weighted by molar-refractivity contribution is 6.29. The van der Waals surface area contributed by atoms with Crippen LogP contribution in [0.4, 0.5) is 0 Å². The Balaban J connectivity index is 2.07. The summed E-state index contributed by atoms with van der Waals surface area (Å²) < 4.78 is 1.87. The van der Waals surface area contributed by atoms with Crippen LogP contribution in [0.3, 0.4) is 0 Å². The van der Waals surface area contributed by atoms with Crippen LogP contribution < -0.4 is 0 Å². The third kappa shape index (κ3) is 1.69. The van der Waals surface area contributed by atoms with Crippen molar-refractivity contribution >= 4 is 11.6 Å². The molecule has 2 aromatic heterocycles. The minimum Gasteiger partial charge on any atom is -0.217 e. The summed E-state index contributed by atoms with van der Waals surface area (Å²) >= 11 is 5.72. The highest BCUT2D eigenvalue weighted by Gasteiger charge is 2.28. The van der Waals surface area contributed by atoms with Gasteiger partial charge in [-0.2, -0.15) is 5.10 Å². The normalized spacial score (nSPS) is 15.4. The van der Waals surface area contributed by atoms with Crippen molar-refractivity contribution in [2.75, 3.05) is 0 Å². The third-order valence-corrected chi connectivity index (χ3v) is 2.89. The minimum absolute atomic E-state index is 0.403. The number of nitrogens with zero attached hydrogens (tertiary/aromatic N) is 4. The molecule has 3 rings (SSSR count). The van der Waals surface area contributed by atoms with Gasteiger partial charge < -0.3 is 0 Å². The second-order valence-electron chi connectivity index (χ2n) is 4.11. The van der Waals surface area contributed by atoms with Crippen molar-refractivity contribution in [1.82, 2.24) is 20.0 Å². The van der Waals surface area contributed by atoms with E-state index in [9.17, 15) is 0 Å². The van der Waals surface area contributed by atoms with Gasteiger partial charge in [-0.15, -0.1) is 10.2 Å². The van der Waals surface area contributed by atoms with E-state index in [1.54, 1.807) is 6.07 Å². The standard InChI is InChI=1S/C11H11ClN4/c1-7-6-9(8-2-3-8)16(15-7)11-5-4-10(12)13-14-11/h4-6,8H,2-3H2,1H3. The van der Waals surface area contributed by atoms with Crippen molar-refractivity contribution in [3.8, 4) is 5.82 Å². The largest absolute Gasteiger partial charge is 0.217 e. The monoisotopic (exact) mass is 234 g/mol. The van der Waals surface area contributed by atoms with Crippen molar-refractivity contribution in [3.63, 3.8) is 0 Å². The molecule has 0 N–H and O–H groups in total. The van der Waals surface area contributed by atoms with E-state index in [1.165, 1.54) is 18.5 Å². The van der Waals surface area contributed by atoms with Gasteiger partial charge in [0, 0.05) is 11.6 Å². The Hall–Kier alpha value is -1.42. The molecule has 0 radical (unpaired) electrons. The molecule has 0 unspecified atom stereocenters. The maximum absolute atomic E-state index is 5.72. The van der Waals surface area contributed by atoms with Gasteiger partial charge >= 0.3 is 0 Å². The van der Waals surface area contributed by atoms with Crippen LogP contribution in [0.15, 0.2) is 18.2 Å². The molecule has 16 heavy (non-hydrogen) atoms. The van der Waals surface area contributed by atoms with Gasteiger partial charge in [0.1, 0.15) is 0 Å². The van der Waals surface area contributed by atoms with Crippen LogP contribution in [-0.4, -0.2) is 20.0 Å². The molecule has 82 valence electrons. The summed E-state index contributed by atoms with van der Waals surface area (Å²) in [5.74, 6) is 1.37. The molecule has 0 amide bonds. The molecule has 5 heteroatoms. The fourth-order valence-electron chi connectivity index (χ4n) is 1.79. The van der Waals surface area contributed by atoms with Crippen molar-refractivity contribution in [1.29, 1.82) is 0 Å². The van der Waals surface area contributed by atoms with Gasteiger partial charge in [-0.1, -0.05) is 11.6 Å². The van der Waals surface area contributed by atoms with E-state index in [2.05, 4.69) is 21.4 Å². The molecule has 1 saturated carbocycles. The number of hydrogen-bond acceptors (Lipinski definition) is 3. The van der Waals surface area contributed by atoms with Crippen LogP contribution >= 0.6 is 11.6 Å². The van der Waals surface area contributed by atoms with E-state index in [0.717, 1.165) is 11.5 Å². The van der Waals surface area contributed by atoms with E-state index in [1.807, 2.05) is 17.7 Å². The molecule has 0 spiro atoms. The second-order valence-corrected chi connectivity index (χ2v) is 4.50. The summed E-state index contributed by atoms with van der Waals surface area (Å²) in [7, 11) is 0. The second kappa shape index (κ2) is 3.56. The van der Waals surface area contributed by atoms with Gasteiger partial charge in [-0.3, -0.25) is 0 Å². The lowest BCUT2D eigenvalue weighted by molar-refractivity contribution is 0.757. The van der Waals surface area contributed by atoms with E-state index in [4.69, 9.17) is 11.6 Å². The van der Waals surface area contributed by atoms with Crippen molar-refractivity contribution in [2.24, 2.45) is 0 Å². The molecule has 2 heterocycles. The topological polar surface area (TPSA) is 43.6 Å². The fourth-order valence-corrected chi connectivity index (χ4v) is 1.90. The van der Waals surface area contributed by atoms with Gasteiger partial charge in [0.25, 0.3) is 0 Å². The molecular weight excluding hydrogens is 224 g/mol. The molecule has 2 aromatic rings. The van der Waals surface area contributed by atoms with E-state index in [0.29, 0.717) is 11.1 Å². The van der Waals surface area contributed by atoms with Crippen LogP contribution in [-0.2, 0) is 0 Å². The maximum atomic E-state index is 5.72. The average molecular weight is 235 g/mol. The van der Waals surface area contributed by atoms with Gasteiger partial charge in [0.15, 0.2) is 11.0 Å². The number of aromatic nitrogens is 4. The molecular formula is C11H11ClN4. The number of halogens is 1. The van der Waals surface area contributed by atoms with E-state index < -0.39 is 0 Å². The molecule has 1 fully saturated rings. The molecule has 0 aliphatic heterocycles. The molecule has 0 bridgehead atoms. The van der Waals surface area contributed by atoms with E-state index in [-0.39, 0.29) is 0 Å². The first-order valence-corrected chi connectivity index (χ1v) is 5.68. The zero-order valence-electron chi connectivity index (χ0n) is 8.89. The SMILES string of the molecule is Cc1cc(C2CC2)n(-c2ccc(Cl)nn2)n1. The molecule has 4 nitrogen and oxygen atoms in total. The molecule has 0 atom stereocenters. The number of aryl methyl sites for hydroxylation is 1. The molecule has 0 aromatic carbocycles. The van der Waals surface area contributed by atoms with Gasteiger partial charge in [0.05, 0.1) is 5.69 Å². The number of hydrogen-bond donors (Lipinski definition) is 0. The smallest absolute Gasteiger partial charge is 0.176 e. The predicted octanol–water partition coefficient (Wildman–Crippen LogP) is 2.50. The third-order valence-electron chi connectivity index (χ3n) is 2.69. The predicted molar refractivity (Wildman–Crippen MR) is 60.9 cm³/mol. The van der Waals surface area contributed by atoms with Crippen molar-refractivity contribution in [3.05, 3.63) is 34.7 Å². The molecule has 0 saturated heterocycles. The average Bonchev–Trinajstić information content (AvgIpc) is 3.04. The Morgan fingerprint density at radius 3 is 2.75 bits per heavy atom.